The number of nitrogens with zero attached hydrogens (tertiary/aromatic N) is 4. The summed E-state index contributed by atoms with van der Waals surface area (Å²) < 4.78 is 6.74. The van der Waals surface area contributed by atoms with E-state index in [0.29, 0.717) is 39.6 Å². The van der Waals surface area contributed by atoms with Gasteiger partial charge in [-0.2, -0.15) is 0 Å². The van der Waals surface area contributed by atoms with Crippen molar-refractivity contribution in [2.24, 2.45) is 0 Å². The Labute approximate surface area is 266 Å². The minimum absolute atomic E-state index is 0.188. The first kappa shape index (κ1) is 30.7. The Bertz CT molecular complexity index is 1540. The lowest BCUT2D eigenvalue weighted by Crippen LogP contribution is -2.88. The largest absolute Gasteiger partial charge is 0.375 e. The molecule has 1 amide bonds. The van der Waals surface area contributed by atoms with Gasteiger partial charge in [0.15, 0.2) is 5.82 Å². The van der Waals surface area contributed by atoms with E-state index in [9.17, 15) is 4.79 Å². The molecule has 2 aromatic heterocycles. The van der Waals surface area contributed by atoms with Crippen LogP contribution in [0.4, 0.5) is 0 Å². The Morgan fingerprint density at radius 1 is 1.14 bits per heavy atom. The third kappa shape index (κ3) is 8.02. The van der Waals surface area contributed by atoms with Crippen LogP contribution in [0.1, 0.15) is 56.7 Å². The normalized spacial score (nSPS) is 16.9. The molecule has 2 aromatic carbocycles. The number of nitrogens with two attached hydrogens (primary N) is 1. The SMILES string of the molecule is C#CCNC(=O)c1ccc(-c2cc(CCCOC[C@H]3[NH2+]CC[C@@H]3c3ccc(C(C)I)cc3)c(-c3ncccn3)nn2)cc1. The van der Waals surface area contributed by atoms with Gasteiger partial charge in [0, 0.05) is 46.4 Å². The molecule has 0 aliphatic carbocycles. The summed E-state index contributed by atoms with van der Waals surface area (Å²) >= 11 is 2.46. The number of carbonyl (C=O) groups excluding carboxylic acids is 1. The molecule has 9 heteroatoms. The van der Waals surface area contributed by atoms with Gasteiger partial charge >= 0.3 is 0 Å². The molecular weight excluding hydrogens is 651 g/mol. The highest BCUT2D eigenvalue weighted by Gasteiger charge is 2.32. The molecule has 43 heavy (non-hydrogen) atoms. The molecule has 1 unspecified atom stereocenters. The second kappa shape index (κ2) is 15.1. The number of aromatic nitrogens is 4. The number of ether oxygens (including phenoxy) is 1. The van der Waals surface area contributed by atoms with Crippen LogP contribution in [-0.2, 0) is 11.2 Å². The number of hydrogen-bond donors (Lipinski definition) is 2. The Hall–Kier alpha value is -3.72. The van der Waals surface area contributed by atoms with Crippen molar-refractivity contribution in [2.45, 2.75) is 42.1 Å². The molecule has 5 rings (SSSR count). The van der Waals surface area contributed by atoms with Gasteiger partial charge in [-0.3, -0.25) is 4.79 Å². The van der Waals surface area contributed by atoms with Crippen LogP contribution in [0.25, 0.3) is 22.8 Å². The van der Waals surface area contributed by atoms with Crippen molar-refractivity contribution in [1.29, 1.82) is 0 Å². The molecular formula is C34H36IN6O2+. The van der Waals surface area contributed by atoms with Crippen LogP contribution in [0.3, 0.4) is 0 Å². The maximum absolute atomic E-state index is 12.2. The van der Waals surface area contributed by atoms with Gasteiger partial charge in [-0.25, -0.2) is 9.97 Å². The maximum atomic E-state index is 12.2. The van der Waals surface area contributed by atoms with Crippen LogP contribution in [0.15, 0.2) is 73.1 Å². The Morgan fingerprint density at radius 3 is 2.63 bits per heavy atom. The van der Waals surface area contributed by atoms with Crippen LogP contribution in [-0.4, -0.2) is 58.4 Å². The summed E-state index contributed by atoms with van der Waals surface area (Å²) in [5.41, 5.74) is 6.57. The van der Waals surface area contributed by atoms with Crippen molar-refractivity contribution in [3.05, 3.63) is 95.3 Å². The number of halogens is 1. The van der Waals surface area contributed by atoms with Crippen LogP contribution >= 0.6 is 22.6 Å². The fourth-order valence-electron chi connectivity index (χ4n) is 5.46. The van der Waals surface area contributed by atoms with Crippen LogP contribution in [0.5, 0.6) is 0 Å². The average Bonchev–Trinajstić information content (AvgIpc) is 3.52. The third-order valence-corrected chi connectivity index (χ3v) is 8.50. The molecule has 0 spiro atoms. The van der Waals surface area contributed by atoms with E-state index < -0.39 is 0 Å². The molecule has 0 radical (unpaired) electrons. The molecule has 8 nitrogen and oxygen atoms in total. The summed E-state index contributed by atoms with van der Waals surface area (Å²) in [5.74, 6) is 3.26. The number of amides is 1. The van der Waals surface area contributed by atoms with Gasteiger partial charge in [0.05, 0.1) is 25.4 Å². The highest BCUT2D eigenvalue weighted by atomic mass is 127. The number of rotatable bonds is 12. The van der Waals surface area contributed by atoms with E-state index in [1.54, 1.807) is 30.6 Å². The molecule has 1 fully saturated rings. The summed E-state index contributed by atoms with van der Waals surface area (Å²) in [6.45, 7) is 4.91. The number of terminal acetylenes is 1. The van der Waals surface area contributed by atoms with Gasteiger partial charge in [0.25, 0.3) is 5.91 Å². The second-order valence-corrected chi connectivity index (χ2v) is 12.6. The highest BCUT2D eigenvalue weighted by molar-refractivity contribution is 14.1. The lowest BCUT2D eigenvalue weighted by Gasteiger charge is -2.18. The Balaban J connectivity index is 1.22. The number of aryl methyl sites for hydroxylation is 1. The monoisotopic (exact) mass is 687 g/mol. The van der Waals surface area contributed by atoms with Crippen LogP contribution < -0.4 is 10.6 Å². The van der Waals surface area contributed by atoms with Crippen molar-refractivity contribution in [1.82, 2.24) is 25.5 Å². The first-order valence-corrected chi connectivity index (χ1v) is 15.9. The molecule has 3 N–H and O–H groups in total. The van der Waals surface area contributed by atoms with Crippen molar-refractivity contribution in [3.63, 3.8) is 0 Å². The number of nitrogens with one attached hydrogen (secondary N) is 1. The fraction of sp³-hybridized carbons (Fsp3) is 0.324. The van der Waals surface area contributed by atoms with Gasteiger partial charge in [-0.1, -0.05) is 64.9 Å². The highest BCUT2D eigenvalue weighted by Crippen LogP contribution is 2.29. The molecule has 220 valence electrons. The quantitative estimate of drug-likeness (QED) is 0.0982. The number of carbonyl (C=O) groups is 1. The molecule has 0 saturated carbocycles. The van der Waals surface area contributed by atoms with E-state index >= 15 is 0 Å². The van der Waals surface area contributed by atoms with E-state index in [4.69, 9.17) is 11.2 Å². The second-order valence-electron chi connectivity index (χ2n) is 10.7. The van der Waals surface area contributed by atoms with Crippen LogP contribution in [0.2, 0.25) is 0 Å². The Morgan fingerprint density at radius 2 is 1.91 bits per heavy atom. The molecule has 1 aliphatic heterocycles. The predicted molar refractivity (Wildman–Crippen MR) is 176 cm³/mol. The topological polar surface area (TPSA) is 106 Å². The van der Waals surface area contributed by atoms with E-state index in [1.807, 2.05) is 18.2 Å². The number of benzene rings is 2. The lowest BCUT2D eigenvalue weighted by atomic mass is 9.91. The summed E-state index contributed by atoms with van der Waals surface area (Å²) in [6, 6.07) is 20.6. The van der Waals surface area contributed by atoms with Gasteiger partial charge in [0.2, 0.25) is 0 Å². The first-order valence-electron chi connectivity index (χ1n) is 14.6. The molecule has 0 bridgehead atoms. The number of hydrogen-bond acceptors (Lipinski definition) is 6. The lowest BCUT2D eigenvalue weighted by molar-refractivity contribution is -0.673. The molecule has 1 aliphatic rings. The molecule has 1 saturated heterocycles. The fourth-order valence-corrected chi connectivity index (χ4v) is 5.87. The predicted octanol–water partition coefficient (Wildman–Crippen LogP) is 4.53. The summed E-state index contributed by atoms with van der Waals surface area (Å²) in [6.07, 6.45) is 11.4. The summed E-state index contributed by atoms with van der Waals surface area (Å²) in [4.78, 5) is 21.0. The van der Waals surface area contributed by atoms with E-state index in [2.05, 4.69) is 90.5 Å². The van der Waals surface area contributed by atoms with Crippen molar-refractivity contribution < 1.29 is 14.8 Å². The van der Waals surface area contributed by atoms with E-state index in [1.165, 1.54) is 17.5 Å². The minimum Gasteiger partial charge on any atom is -0.375 e. The minimum atomic E-state index is -0.210. The smallest absolute Gasteiger partial charge is 0.252 e. The van der Waals surface area contributed by atoms with Gasteiger partial charge in [-0.15, -0.1) is 16.6 Å². The zero-order valence-corrected chi connectivity index (χ0v) is 26.4. The van der Waals surface area contributed by atoms with Crippen LogP contribution in [0, 0.1) is 12.3 Å². The van der Waals surface area contributed by atoms with Gasteiger partial charge in [0.1, 0.15) is 11.7 Å². The number of quaternary nitrogens is 1. The standard InChI is InChI=1S/C34H35IN6O2/c1-3-16-39-34(42)27-13-11-26(12-14-27)30-21-28(32(41-40-30)33-37-17-5-18-38-33)6-4-20-43-22-31-29(15-19-36-31)25-9-7-24(8-10-25)23(2)35/h1,5,7-14,17-18,21,23,29,31,36H,4,6,15-16,19-20,22H2,2H3,(H,39,42)/p+1/t23?,29-,31-/m1/s1. The zero-order chi connectivity index (χ0) is 30.0. The van der Waals surface area contributed by atoms with Crippen molar-refractivity contribution >= 4 is 28.5 Å². The molecule has 4 aromatic rings. The molecule has 3 atom stereocenters. The zero-order valence-electron chi connectivity index (χ0n) is 24.2. The first-order chi connectivity index (χ1) is 21.0. The van der Waals surface area contributed by atoms with Crippen molar-refractivity contribution in [3.8, 4) is 35.1 Å². The van der Waals surface area contributed by atoms with Gasteiger partial charge in [-0.05, 0) is 60.7 Å². The molecule has 3 heterocycles. The number of alkyl halides is 1. The summed E-state index contributed by atoms with van der Waals surface area (Å²) in [7, 11) is 0. The third-order valence-electron chi connectivity index (χ3n) is 7.78. The van der Waals surface area contributed by atoms with Gasteiger partial charge < -0.3 is 15.4 Å². The summed E-state index contributed by atoms with van der Waals surface area (Å²) in [5, 5.41) is 14.1. The van der Waals surface area contributed by atoms with Crippen molar-refractivity contribution in [2.75, 3.05) is 26.3 Å². The maximum Gasteiger partial charge on any atom is 0.252 e. The van der Waals surface area contributed by atoms with E-state index in [-0.39, 0.29) is 12.5 Å². The average molecular weight is 688 g/mol. The Kier molecular flexibility index (Phi) is 10.8. The van der Waals surface area contributed by atoms with E-state index in [0.717, 1.165) is 42.8 Å².